The largest absolute Gasteiger partial charge is 0.508 e. The molecule has 3 nitrogen and oxygen atoms in total. The molecule has 140 valence electrons. The maximum absolute atomic E-state index is 10.8. The van der Waals surface area contributed by atoms with E-state index in [1.54, 1.807) is 12.1 Å². The quantitative estimate of drug-likeness (QED) is 0.596. The molecule has 0 saturated heterocycles. The van der Waals surface area contributed by atoms with Crippen LogP contribution >= 0.6 is 0 Å². The maximum Gasteiger partial charge on any atom is 0.122 e. The van der Waals surface area contributed by atoms with Crippen molar-refractivity contribution in [3.8, 4) is 17.2 Å². The highest BCUT2D eigenvalue weighted by atomic mass is 16.3. The Hall–Kier alpha value is -2.94. The van der Waals surface area contributed by atoms with Gasteiger partial charge in [0.2, 0.25) is 0 Å². The first kappa shape index (κ1) is 18.8. The van der Waals surface area contributed by atoms with E-state index < -0.39 is 0 Å². The van der Waals surface area contributed by atoms with Crippen molar-refractivity contribution >= 4 is 0 Å². The van der Waals surface area contributed by atoms with Gasteiger partial charge in [0, 0.05) is 12.8 Å². The Bertz CT molecular complexity index is 925. The molecule has 0 spiro atoms. The molecule has 3 N–H and O–H groups in total. The van der Waals surface area contributed by atoms with Gasteiger partial charge in [-0.25, -0.2) is 0 Å². The fourth-order valence-corrected chi connectivity index (χ4v) is 3.44. The Labute approximate surface area is 160 Å². The number of phenols is 3. The average Bonchev–Trinajstić information content (AvgIpc) is 2.60. The molecule has 3 heteroatoms. The Morgan fingerprint density at radius 2 is 0.963 bits per heavy atom. The highest BCUT2D eigenvalue weighted by Crippen LogP contribution is 2.31. The SMILES string of the molecule is Cc1cc(Cc2cccc(Cc3cc(C)c(O)cc3C)c2O)c(C)cc1O. The van der Waals surface area contributed by atoms with Crippen LogP contribution in [0.3, 0.4) is 0 Å². The van der Waals surface area contributed by atoms with Crippen molar-refractivity contribution in [2.45, 2.75) is 40.5 Å². The van der Waals surface area contributed by atoms with Gasteiger partial charge < -0.3 is 15.3 Å². The number of benzene rings is 3. The second-order valence-corrected chi connectivity index (χ2v) is 7.41. The molecule has 0 bridgehead atoms. The van der Waals surface area contributed by atoms with Crippen LogP contribution < -0.4 is 0 Å². The standard InChI is InChI=1S/C24H26O3/c1-14-10-22(25)16(3)8-20(14)12-18-6-5-7-19(24(18)27)13-21-9-17(4)23(26)11-15(21)2/h5-11,25-27H,12-13H2,1-4H3. The molecule has 0 heterocycles. The van der Waals surface area contributed by atoms with Crippen molar-refractivity contribution in [3.05, 3.63) is 87.0 Å². The van der Waals surface area contributed by atoms with E-state index in [2.05, 4.69) is 0 Å². The maximum atomic E-state index is 10.8. The highest BCUT2D eigenvalue weighted by molar-refractivity contribution is 5.50. The zero-order valence-electron chi connectivity index (χ0n) is 16.3. The molecule has 0 atom stereocenters. The topological polar surface area (TPSA) is 60.7 Å². The van der Waals surface area contributed by atoms with Crippen molar-refractivity contribution in [3.63, 3.8) is 0 Å². The molecule has 0 unspecified atom stereocenters. The van der Waals surface area contributed by atoms with Crippen molar-refractivity contribution in [1.29, 1.82) is 0 Å². The van der Waals surface area contributed by atoms with E-state index in [0.717, 1.165) is 44.5 Å². The lowest BCUT2D eigenvalue weighted by Crippen LogP contribution is -1.98. The predicted molar refractivity (Wildman–Crippen MR) is 109 cm³/mol. The number of hydrogen-bond donors (Lipinski definition) is 3. The van der Waals surface area contributed by atoms with Crippen LogP contribution in [0, 0.1) is 27.7 Å². The summed E-state index contributed by atoms with van der Waals surface area (Å²) < 4.78 is 0. The molecular formula is C24H26O3. The summed E-state index contributed by atoms with van der Waals surface area (Å²) in [6.07, 6.45) is 1.22. The fraction of sp³-hybridized carbons (Fsp3) is 0.250. The number of rotatable bonds is 4. The zero-order valence-corrected chi connectivity index (χ0v) is 16.3. The van der Waals surface area contributed by atoms with Gasteiger partial charge >= 0.3 is 0 Å². The second kappa shape index (κ2) is 7.36. The van der Waals surface area contributed by atoms with Gasteiger partial charge in [0.15, 0.2) is 0 Å². The molecule has 0 radical (unpaired) electrons. The summed E-state index contributed by atoms with van der Waals surface area (Å²) in [7, 11) is 0. The first-order chi connectivity index (χ1) is 12.8. The lowest BCUT2D eigenvalue weighted by molar-refractivity contribution is 0.463. The second-order valence-electron chi connectivity index (χ2n) is 7.41. The smallest absolute Gasteiger partial charge is 0.122 e. The van der Waals surface area contributed by atoms with Crippen LogP contribution in [0.4, 0.5) is 0 Å². The minimum absolute atomic E-state index is 0.299. The Kier molecular flexibility index (Phi) is 5.13. The number of phenolic OH excluding ortho intramolecular Hbond substituents is 3. The van der Waals surface area contributed by atoms with E-state index in [9.17, 15) is 15.3 Å². The van der Waals surface area contributed by atoms with Gasteiger partial charge in [-0.3, -0.25) is 0 Å². The van der Waals surface area contributed by atoms with E-state index in [4.69, 9.17) is 0 Å². The summed E-state index contributed by atoms with van der Waals surface area (Å²) in [5.74, 6) is 0.910. The van der Waals surface area contributed by atoms with Crippen LogP contribution in [0.15, 0.2) is 42.5 Å². The van der Waals surface area contributed by atoms with E-state index in [1.807, 2.05) is 58.0 Å². The van der Waals surface area contributed by atoms with Crippen LogP contribution in [-0.2, 0) is 12.8 Å². The van der Waals surface area contributed by atoms with Gasteiger partial charge in [-0.1, -0.05) is 30.3 Å². The molecule has 0 aliphatic rings. The third kappa shape index (κ3) is 3.92. The third-order valence-electron chi connectivity index (χ3n) is 5.27. The molecule has 27 heavy (non-hydrogen) atoms. The van der Waals surface area contributed by atoms with Gasteiger partial charge in [0.25, 0.3) is 0 Å². The Balaban J connectivity index is 1.93. The minimum Gasteiger partial charge on any atom is -0.508 e. The van der Waals surface area contributed by atoms with Crippen LogP contribution in [0.25, 0.3) is 0 Å². The van der Waals surface area contributed by atoms with Gasteiger partial charge in [-0.15, -0.1) is 0 Å². The first-order valence-corrected chi connectivity index (χ1v) is 9.14. The molecule has 3 aromatic rings. The highest BCUT2D eigenvalue weighted by Gasteiger charge is 2.12. The number of aromatic hydroxyl groups is 3. The van der Waals surface area contributed by atoms with Gasteiger partial charge in [-0.05, 0) is 84.3 Å². The van der Waals surface area contributed by atoms with Crippen LogP contribution in [0.2, 0.25) is 0 Å². The summed E-state index contributed by atoms with van der Waals surface area (Å²) in [4.78, 5) is 0. The molecular weight excluding hydrogens is 336 g/mol. The van der Waals surface area contributed by atoms with Crippen LogP contribution in [0.5, 0.6) is 17.2 Å². The average molecular weight is 362 g/mol. The summed E-state index contributed by atoms with van der Waals surface area (Å²) in [6.45, 7) is 7.70. The van der Waals surface area contributed by atoms with Crippen molar-refractivity contribution < 1.29 is 15.3 Å². The molecule has 3 rings (SSSR count). The summed E-state index contributed by atoms with van der Waals surface area (Å²) in [5, 5.41) is 30.6. The van der Waals surface area contributed by atoms with Gasteiger partial charge in [-0.2, -0.15) is 0 Å². The zero-order chi connectivity index (χ0) is 19.7. The summed E-state index contributed by atoms with van der Waals surface area (Å²) in [5.41, 5.74) is 7.61. The Morgan fingerprint density at radius 3 is 1.37 bits per heavy atom. The molecule has 0 aromatic heterocycles. The molecule has 0 aliphatic heterocycles. The van der Waals surface area contributed by atoms with Gasteiger partial charge in [0.05, 0.1) is 0 Å². The Morgan fingerprint density at radius 1 is 0.556 bits per heavy atom. The number of aryl methyl sites for hydroxylation is 4. The first-order valence-electron chi connectivity index (χ1n) is 9.14. The van der Waals surface area contributed by atoms with Gasteiger partial charge in [0.1, 0.15) is 17.2 Å². The van der Waals surface area contributed by atoms with Crippen molar-refractivity contribution in [2.75, 3.05) is 0 Å². The van der Waals surface area contributed by atoms with Crippen molar-refractivity contribution in [1.82, 2.24) is 0 Å². The summed E-state index contributed by atoms with van der Waals surface area (Å²) >= 11 is 0. The van der Waals surface area contributed by atoms with Crippen molar-refractivity contribution in [2.24, 2.45) is 0 Å². The van der Waals surface area contributed by atoms with E-state index in [0.29, 0.717) is 30.1 Å². The minimum atomic E-state index is 0.299. The van der Waals surface area contributed by atoms with Crippen LogP contribution in [-0.4, -0.2) is 15.3 Å². The number of para-hydroxylation sites is 1. The lowest BCUT2D eigenvalue weighted by Gasteiger charge is -2.14. The van der Waals surface area contributed by atoms with E-state index >= 15 is 0 Å². The van der Waals surface area contributed by atoms with E-state index in [1.165, 1.54) is 0 Å². The molecule has 0 saturated carbocycles. The third-order valence-corrected chi connectivity index (χ3v) is 5.27. The molecule has 3 aromatic carbocycles. The normalized spacial score (nSPS) is 11.0. The molecule has 0 aliphatic carbocycles. The van der Waals surface area contributed by atoms with E-state index in [-0.39, 0.29) is 0 Å². The van der Waals surface area contributed by atoms with Crippen LogP contribution in [0.1, 0.15) is 44.5 Å². The predicted octanol–water partition coefficient (Wildman–Crippen LogP) is 5.22. The molecule has 0 amide bonds. The monoisotopic (exact) mass is 362 g/mol. The summed E-state index contributed by atoms with van der Waals surface area (Å²) in [6, 6.07) is 13.3. The lowest BCUT2D eigenvalue weighted by atomic mass is 9.93. The number of hydrogen-bond acceptors (Lipinski definition) is 3. The fourth-order valence-electron chi connectivity index (χ4n) is 3.44. The molecule has 0 fully saturated rings.